The van der Waals surface area contributed by atoms with Gasteiger partial charge in [-0.2, -0.15) is 5.10 Å². The van der Waals surface area contributed by atoms with Crippen molar-refractivity contribution in [2.75, 3.05) is 19.5 Å². The van der Waals surface area contributed by atoms with Gasteiger partial charge in [0.1, 0.15) is 5.75 Å². The molecule has 0 fully saturated rings. The van der Waals surface area contributed by atoms with Crippen molar-refractivity contribution in [3.63, 3.8) is 0 Å². The number of ether oxygens (including phenoxy) is 2. The average molecular weight is 387 g/mol. The molecule has 0 radical (unpaired) electrons. The number of benzene rings is 2. The summed E-state index contributed by atoms with van der Waals surface area (Å²) in [5.41, 5.74) is -0.639. The number of rotatable bonds is 5. The van der Waals surface area contributed by atoms with Gasteiger partial charge in [0.25, 0.3) is 5.91 Å². The Bertz CT molecular complexity index is 1080. The molecule has 1 aromatic heterocycles. The Morgan fingerprint density at radius 3 is 2.32 bits per heavy atom. The normalized spacial score (nSPS) is 10.4. The van der Waals surface area contributed by atoms with Crippen molar-refractivity contribution in [3.05, 3.63) is 76.1 Å². The lowest BCUT2D eigenvalue weighted by Gasteiger charge is -2.13. The summed E-state index contributed by atoms with van der Waals surface area (Å²) >= 11 is 0. The summed E-state index contributed by atoms with van der Waals surface area (Å²) < 4.78 is 37.9. The van der Waals surface area contributed by atoms with Crippen LogP contribution in [-0.2, 0) is 0 Å². The zero-order valence-electron chi connectivity index (χ0n) is 14.9. The molecule has 0 bridgehead atoms. The lowest BCUT2D eigenvalue weighted by molar-refractivity contribution is 0.101. The molecule has 28 heavy (non-hydrogen) atoms. The van der Waals surface area contributed by atoms with Gasteiger partial charge >= 0.3 is 0 Å². The van der Waals surface area contributed by atoms with Crippen LogP contribution in [0.4, 0.5) is 14.5 Å². The Morgan fingerprint density at radius 1 is 1.00 bits per heavy atom. The molecule has 144 valence electrons. The van der Waals surface area contributed by atoms with E-state index in [-0.39, 0.29) is 11.6 Å². The number of methoxy groups -OCH3 is 2. The predicted molar refractivity (Wildman–Crippen MR) is 97.2 cm³/mol. The molecule has 0 aliphatic heterocycles. The Hall–Kier alpha value is -3.75. The van der Waals surface area contributed by atoms with Crippen LogP contribution in [0.2, 0.25) is 0 Å². The van der Waals surface area contributed by atoms with Crippen LogP contribution in [-0.4, -0.2) is 29.9 Å². The molecule has 0 saturated heterocycles. The van der Waals surface area contributed by atoms with Gasteiger partial charge in [0.15, 0.2) is 17.3 Å². The second-order valence-corrected chi connectivity index (χ2v) is 5.59. The lowest BCUT2D eigenvalue weighted by Crippen LogP contribution is -2.26. The maximum absolute atomic E-state index is 13.6. The van der Waals surface area contributed by atoms with Gasteiger partial charge in [-0.15, -0.1) is 0 Å². The van der Waals surface area contributed by atoms with Crippen molar-refractivity contribution in [3.8, 4) is 17.3 Å². The monoisotopic (exact) mass is 387 g/mol. The number of amides is 1. The number of hydrogen-bond acceptors (Lipinski definition) is 5. The first-order valence-corrected chi connectivity index (χ1v) is 8.02. The summed E-state index contributed by atoms with van der Waals surface area (Å²) in [5, 5.41) is 6.51. The SMILES string of the molecule is COc1ccc(NC(=O)c2nn(-c3ccc(F)c(F)c3)c(OC)cc2=O)cc1. The minimum atomic E-state index is -1.11. The number of hydrogen-bond donors (Lipinski definition) is 1. The van der Waals surface area contributed by atoms with E-state index in [1.54, 1.807) is 24.3 Å². The number of carbonyl (C=O) groups is 1. The Labute approximate surface area is 158 Å². The van der Waals surface area contributed by atoms with E-state index in [9.17, 15) is 18.4 Å². The molecule has 9 heteroatoms. The predicted octanol–water partition coefficient (Wildman–Crippen LogP) is 2.78. The fraction of sp³-hybridized carbons (Fsp3) is 0.105. The smallest absolute Gasteiger partial charge is 0.280 e. The molecule has 2 aromatic carbocycles. The van der Waals surface area contributed by atoms with E-state index in [0.717, 1.165) is 22.9 Å². The second-order valence-electron chi connectivity index (χ2n) is 5.59. The summed E-state index contributed by atoms with van der Waals surface area (Å²) in [6, 6.07) is 10.5. The summed E-state index contributed by atoms with van der Waals surface area (Å²) in [4.78, 5) is 24.8. The van der Waals surface area contributed by atoms with Gasteiger partial charge in [-0.25, -0.2) is 13.5 Å². The Morgan fingerprint density at radius 2 is 1.71 bits per heavy atom. The van der Waals surface area contributed by atoms with Crippen LogP contribution in [0.15, 0.2) is 53.3 Å². The third-order valence-corrected chi connectivity index (χ3v) is 3.82. The van der Waals surface area contributed by atoms with Crippen LogP contribution in [0.5, 0.6) is 11.6 Å². The van der Waals surface area contributed by atoms with Crippen molar-refractivity contribution in [2.45, 2.75) is 0 Å². The van der Waals surface area contributed by atoms with Gasteiger partial charge in [-0.05, 0) is 36.4 Å². The molecule has 3 rings (SSSR count). The minimum absolute atomic E-state index is 0.0444. The molecule has 3 aromatic rings. The molecule has 0 aliphatic rings. The number of anilines is 1. The van der Waals surface area contributed by atoms with E-state index < -0.39 is 28.7 Å². The summed E-state index contributed by atoms with van der Waals surface area (Å²) in [7, 11) is 2.79. The van der Waals surface area contributed by atoms with Crippen molar-refractivity contribution < 1.29 is 23.0 Å². The average Bonchev–Trinajstić information content (AvgIpc) is 2.70. The third-order valence-electron chi connectivity index (χ3n) is 3.82. The van der Waals surface area contributed by atoms with Crippen molar-refractivity contribution in [1.29, 1.82) is 0 Å². The Kier molecular flexibility index (Phi) is 5.35. The van der Waals surface area contributed by atoms with Gasteiger partial charge < -0.3 is 14.8 Å². The fourth-order valence-corrected chi connectivity index (χ4v) is 2.41. The molecule has 1 N–H and O–H groups in total. The third kappa shape index (κ3) is 3.83. The highest BCUT2D eigenvalue weighted by Gasteiger charge is 2.18. The largest absolute Gasteiger partial charge is 0.497 e. The van der Waals surface area contributed by atoms with Crippen molar-refractivity contribution in [1.82, 2.24) is 9.78 Å². The van der Waals surface area contributed by atoms with Crippen LogP contribution >= 0.6 is 0 Å². The molecule has 1 amide bonds. The Balaban J connectivity index is 1.99. The minimum Gasteiger partial charge on any atom is -0.497 e. The topological polar surface area (TPSA) is 82.4 Å². The van der Waals surface area contributed by atoms with Gasteiger partial charge in [-0.3, -0.25) is 9.59 Å². The number of carbonyl (C=O) groups excluding carboxylic acids is 1. The van der Waals surface area contributed by atoms with Crippen LogP contribution in [0.3, 0.4) is 0 Å². The molecule has 0 spiro atoms. The van der Waals surface area contributed by atoms with E-state index in [4.69, 9.17) is 9.47 Å². The summed E-state index contributed by atoms with van der Waals surface area (Å²) in [5.74, 6) is -2.36. The van der Waals surface area contributed by atoms with E-state index in [0.29, 0.717) is 11.4 Å². The van der Waals surface area contributed by atoms with Crippen molar-refractivity contribution >= 4 is 11.6 Å². The maximum atomic E-state index is 13.6. The van der Waals surface area contributed by atoms with Crippen LogP contribution in [0.1, 0.15) is 10.5 Å². The highest BCUT2D eigenvalue weighted by molar-refractivity contribution is 6.02. The zero-order chi connectivity index (χ0) is 20.3. The second kappa shape index (κ2) is 7.87. The maximum Gasteiger partial charge on any atom is 0.280 e. The first-order chi connectivity index (χ1) is 13.4. The van der Waals surface area contributed by atoms with E-state index in [1.165, 1.54) is 20.3 Å². The highest BCUT2D eigenvalue weighted by atomic mass is 19.2. The van der Waals surface area contributed by atoms with Crippen LogP contribution in [0, 0.1) is 11.6 Å². The summed E-state index contributed by atoms with van der Waals surface area (Å²) in [6.45, 7) is 0. The highest BCUT2D eigenvalue weighted by Crippen LogP contribution is 2.19. The standard InChI is InChI=1S/C19H15F2N3O4/c1-27-13-6-3-11(4-7-13)22-19(26)18-16(25)10-17(28-2)24(23-18)12-5-8-14(20)15(21)9-12/h3-10H,1-2H3,(H,22,26). The molecule has 0 atom stereocenters. The van der Waals surface area contributed by atoms with Crippen LogP contribution < -0.4 is 20.2 Å². The van der Waals surface area contributed by atoms with Crippen molar-refractivity contribution in [2.24, 2.45) is 0 Å². The lowest BCUT2D eigenvalue weighted by atomic mass is 10.2. The van der Waals surface area contributed by atoms with Gasteiger partial charge in [0.05, 0.1) is 26.0 Å². The quantitative estimate of drug-likeness (QED) is 0.728. The van der Waals surface area contributed by atoms with Gasteiger partial charge in [-0.1, -0.05) is 0 Å². The number of nitrogens with one attached hydrogen (secondary N) is 1. The number of nitrogens with zero attached hydrogens (tertiary/aromatic N) is 2. The first kappa shape index (κ1) is 19.0. The molecule has 0 unspecified atom stereocenters. The molecule has 0 saturated carbocycles. The molecular weight excluding hydrogens is 372 g/mol. The van der Waals surface area contributed by atoms with E-state index >= 15 is 0 Å². The molecule has 1 heterocycles. The number of halogens is 2. The number of aromatic nitrogens is 2. The summed E-state index contributed by atoms with van der Waals surface area (Å²) in [6.07, 6.45) is 0. The molecule has 0 aliphatic carbocycles. The fourth-order valence-electron chi connectivity index (χ4n) is 2.41. The molecular formula is C19H15F2N3O4. The zero-order valence-corrected chi connectivity index (χ0v) is 14.9. The molecule has 7 nitrogen and oxygen atoms in total. The van der Waals surface area contributed by atoms with E-state index in [2.05, 4.69) is 10.4 Å². The first-order valence-electron chi connectivity index (χ1n) is 8.02. The van der Waals surface area contributed by atoms with E-state index in [1.807, 2.05) is 0 Å². The van der Waals surface area contributed by atoms with Gasteiger partial charge in [0.2, 0.25) is 11.3 Å². The van der Waals surface area contributed by atoms with Crippen LogP contribution in [0.25, 0.3) is 5.69 Å². The van der Waals surface area contributed by atoms with Gasteiger partial charge in [0, 0.05) is 11.8 Å².